The number of rotatable bonds is 6. The van der Waals surface area contributed by atoms with Gasteiger partial charge in [-0.15, -0.1) is 0 Å². The van der Waals surface area contributed by atoms with Gasteiger partial charge in [-0.25, -0.2) is 4.98 Å². The van der Waals surface area contributed by atoms with E-state index in [-0.39, 0.29) is 0 Å². The van der Waals surface area contributed by atoms with E-state index in [1.807, 2.05) is 60.7 Å². The molecule has 0 radical (unpaired) electrons. The number of benzene rings is 2. The summed E-state index contributed by atoms with van der Waals surface area (Å²) in [6, 6.07) is 19.4. The first-order valence-electron chi connectivity index (χ1n) is 8.22. The zero-order chi connectivity index (χ0) is 17.9. The van der Waals surface area contributed by atoms with Crippen LogP contribution in [0.25, 0.3) is 11.3 Å². The van der Waals surface area contributed by atoms with Crippen LogP contribution in [-0.2, 0) is 4.43 Å². The lowest BCUT2D eigenvalue weighted by molar-refractivity contribution is 0.111. The number of carbonyl (C=O) groups is 1. The molecule has 0 bridgehead atoms. The summed E-state index contributed by atoms with van der Waals surface area (Å²) in [5.41, 5.74) is 2.08. The first kappa shape index (κ1) is 17.3. The topological polar surface area (TPSA) is 52.3 Å². The molecule has 0 amide bonds. The van der Waals surface area contributed by atoms with Gasteiger partial charge in [-0.3, -0.25) is 4.79 Å². The lowest BCUT2D eigenvalue weighted by atomic mass is 10.1. The van der Waals surface area contributed by atoms with Crippen LogP contribution in [0, 0.1) is 0 Å². The summed E-state index contributed by atoms with van der Waals surface area (Å²) in [5, 5.41) is 0. The van der Waals surface area contributed by atoms with Crippen molar-refractivity contribution in [2.45, 2.75) is 25.7 Å². The Bertz CT molecular complexity index is 838. The quantitative estimate of drug-likeness (QED) is 0.458. The van der Waals surface area contributed by atoms with Crippen LogP contribution in [0.15, 0.2) is 65.1 Å². The Hall–Kier alpha value is -2.50. The van der Waals surface area contributed by atoms with E-state index in [1.54, 1.807) is 0 Å². The molecule has 128 valence electrons. The van der Waals surface area contributed by atoms with Gasteiger partial charge in [0.2, 0.25) is 5.89 Å². The van der Waals surface area contributed by atoms with Crippen molar-refractivity contribution in [3.63, 3.8) is 0 Å². The van der Waals surface area contributed by atoms with Gasteiger partial charge in [0.15, 0.2) is 20.4 Å². The predicted molar refractivity (Wildman–Crippen MR) is 100 cm³/mol. The van der Waals surface area contributed by atoms with E-state index in [2.05, 4.69) is 24.6 Å². The average molecular weight is 351 g/mol. The molecule has 0 N–H and O–H groups in total. The van der Waals surface area contributed by atoms with Crippen molar-refractivity contribution in [2.75, 3.05) is 0 Å². The Morgan fingerprint density at radius 1 is 1.00 bits per heavy atom. The number of aromatic nitrogens is 1. The molecule has 3 rings (SSSR count). The molecule has 1 atom stereocenters. The van der Waals surface area contributed by atoms with Crippen LogP contribution in [0.2, 0.25) is 19.6 Å². The predicted octanol–water partition coefficient (Wildman–Crippen LogP) is 5.10. The van der Waals surface area contributed by atoms with Gasteiger partial charge in [-0.1, -0.05) is 60.7 Å². The van der Waals surface area contributed by atoms with Crippen molar-refractivity contribution < 1.29 is 13.6 Å². The first-order chi connectivity index (χ1) is 12.0. The Labute approximate surface area is 148 Å². The minimum atomic E-state index is -1.87. The highest BCUT2D eigenvalue weighted by Gasteiger charge is 2.29. The Balaban J connectivity index is 2.08. The number of oxazole rings is 1. The Morgan fingerprint density at radius 3 is 2.16 bits per heavy atom. The minimum Gasteiger partial charge on any atom is -0.437 e. The van der Waals surface area contributed by atoms with E-state index in [9.17, 15) is 4.79 Å². The number of hydrogen-bond acceptors (Lipinski definition) is 4. The van der Waals surface area contributed by atoms with Crippen molar-refractivity contribution in [3.8, 4) is 11.3 Å². The lowest BCUT2D eigenvalue weighted by Gasteiger charge is -2.24. The summed E-state index contributed by atoms with van der Waals surface area (Å²) in [6.07, 6.45) is 0.301. The molecule has 0 saturated heterocycles. The molecular formula is C20H21NO3Si. The molecule has 0 aliphatic heterocycles. The monoisotopic (exact) mass is 351 g/mol. The summed E-state index contributed by atoms with van der Waals surface area (Å²) in [7, 11) is -1.87. The minimum absolute atomic E-state index is 0.293. The second-order valence-electron chi connectivity index (χ2n) is 6.77. The van der Waals surface area contributed by atoms with Gasteiger partial charge in [0.05, 0.1) is 0 Å². The van der Waals surface area contributed by atoms with E-state index in [0.29, 0.717) is 17.3 Å². The zero-order valence-corrected chi connectivity index (χ0v) is 15.6. The van der Waals surface area contributed by atoms with Gasteiger partial charge in [0.25, 0.3) is 0 Å². The fourth-order valence-corrected chi connectivity index (χ4v) is 3.52. The third-order valence-electron chi connectivity index (χ3n) is 3.62. The van der Waals surface area contributed by atoms with E-state index in [1.165, 1.54) is 0 Å². The molecular weight excluding hydrogens is 330 g/mol. The average Bonchev–Trinajstić information content (AvgIpc) is 3.04. The summed E-state index contributed by atoms with van der Waals surface area (Å²) in [5.74, 6) is 0.889. The molecule has 2 aromatic carbocycles. The van der Waals surface area contributed by atoms with E-state index in [0.717, 1.165) is 17.4 Å². The molecule has 0 aliphatic carbocycles. The number of nitrogens with zero attached hydrogens (tertiary/aromatic N) is 1. The van der Waals surface area contributed by atoms with Crippen LogP contribution in [0.1, 0.15) is 28.0 Å². The lowest BCUT2D eigenvalue weighted by Crippen LogP contribution is -2.28. The largest absolute Gasteiger partial charge is 0.437 e. The van der Waals surface area contributed by atoms with E-state index in [4.69, 9.17) is 8.84 Å². The van der Waals surface area contributed by atoms with Crippen LogP contribution in [-0.4, -0.2) is 19.6 Å². The molecule has 0 fully saturated rings. The number of carbonyl (C=O) groups excluding carboxylic acids is 1. The highest BCUT2D eigenvalue weighted by Crippen LogP contribution is 2.33. The highest BCUT2D eigenvalue weighted by molar-refractivity contribution is 6.69. The SMILES string of the molecule is C[Si](C)(C)OC(c1ccccc1)c1nc(C=O)c(-c2ccccc2)o1. The van der Waals surface area contributed by atoms with Gasteiger partial charge < -0.3 is 8.84 Å². The maximum Gasteiger partial charge on any atom is 0.228 e. The Morgan fingerprint density at radius 2 is 1.60 bits per heavy atom. The van der Waals surface area contributed by atoms with Crippen molar-refractivity contribution >= 4 is 14.6 Å². The molecule has 1 unspecified atom stereocenters. The fourth-order valence-electron chi connectivity index (χ4n) is 2.58. The van der Waals surface area contributed by atoms with Crippen LogP contribution >= 0.6 is 0 Å². The molecule has 1 aromatic heterocycles. The second-order valence-corrected chi connectivity index (χ2v) is 11.2. The normalized spacial score (nSPS) is 12.8. The van der Waals surface area contributed by atoms with Crippen molar-refractivity contribution in [1.82, 2.24) is 4.98 Å². The van der Waals surface area contributed by atoms with E-state index < -0.39 is 14.4 Å². The van der Waals surface area contributed by atoms with Gasteiger partial charge in [-0.2, -0.15) is 0 Å². The molecule has 0 aliphatic rings. The molecule has 5 heteroatoms. The molecule has 25 heavy (non-hydrogen) atoms. The van der Waals surface area contributed by atoms with Gasteiger partial charge in [-0.05, 0) is 25.2 Å². The third kappa shape index (κ3) is 4.13. The maximum atomic E-state index is 11.5. The van der Waals surface area contributed by atoms with Crippen molar-refractivity contribution in [1.29, 1.82) is 0 Å². The summed E-state index contributed by atoms with van der Waals surface area (Å²) < 4.78 is 12.3. The first-order valence-corrected chi connectivity index (χ1v) is 11.6. The van der Waals surface area contributed by atoms with Crippen LogP contribution in [0.4, 0.5) is 0 Å². The zero-order valence-electron chi connectivity index (χ0n) is 14.6. The summed E-state index contributed by atoms with van der Waals surface area (Å²) >= 11 is 0. The van der Waals surface area contributed by atoms with Gasteiger partial charge in [0, 0.05) is 5.56 Å². The molecule has 0 spiro atoms. The molecule has 3 aromatic rings. The van der Waals surface area contributed by atoms with Gasteiger partial charge in [0.1, 0.15) is 11.8 Å². The number of aldehydes is 1. The van der Waals surface area contributed by atoms with Crippen LogP contribution in [0.3, 0.4) is 0 Å². The molecule has 0 saturated carbocycles. The van der Waals surface area contributed by atoms with Gasteiger partial charge >= 0.3 is 0 Å². The molecule has 4 nitrogen and oxygen atoms in total. The van der Waals surface area contributed by atoms with Crippen molar-refractivity contribution in [2.24, 2.45) is 0 Å². The fraction of sp³-hybridized carbons (Fsp3) is 0.200. The standard InChI is InChI=1S/C20H21NO3Si/c1-25(2,3)24-19(16-12-8-5-9-13-16)20-21-17(14-22)18(23-20)15-10-6-4-7-11-15/h4-14,19H,1-3H3. The smallest absolute Gasteiger partial charge is 0.228 e. The molecule has 1 heterocycles. The van der Waals surface area contributed by atoms with Crippen LogP contribution < -0.4 is 0 Å². The van der Waals surface area contributed by atoms with E-state index >= 15 is 0 Å². The maximum absolute atomic E-state index is 11.5. The van der Waals surface area contributed by atoms with Crippen molar-refractivity contribution in [3.05, 3.63) is 77.8 Å². The summed E-state index contributed by atoms with van der Waals surface area (Å²) in [6.45, 7) is 6.35. The third-order valence-corrected chi connectivity index (χ3v) is 4.56. The summed E-state index contributed by atoms with van der Waals surface area (Å²) in [4.78, 5) is 15.9. The second kappa shape index (κ2) is 7.17. The van der Waals surface area contributed by atoms with Crippen LogP contribution in [0.5, 0.6) is 0 Å². The Kier molecular flexibility index (Phi) is 4.97. The highest BCUT2D eigenvalue weighted by atomic mass is 28.4. The number of hydrogen-bond donors (Lipinski definition) is 0.